The summed E-state index contributed by atoms with van der Waals surface area (Å²) in [6, 6.07) is 0. The van der Waals surface area contributed by atoms with Crippen LogP contribution in [0, 0.1) is 11.8 Å². The van der Waals surface area contributed by atoms with Gasteiger partial charge < -0.3 is 5.32 Å². The maximum Gasteiger partial charge on any atom is 0.227 e. The number of rotatable bonds is 0. The van der Waals surface area contributed by atoms with E-state index in [2.05, 4.69) is 28.9 Å². The van der Waals surface area contributed by atoms with Crippen LogP contribution in [-0.4, -0.2) is 17.9 Å². The van der Waals surface area contributed by atoms with Gasteiger partial charge in [0, 0.05) is 5.92 Å². The van der Waals surface area contributed by atoms with E-state index in [0.29, 0.717) is 18.0 Å². The zero-order valence-corrected chi connectivity index (χ0v) is 9.22. The molecule has 3 unspecified atom stereocenters. The molecule has 2 saturated heterocycles. The smallest absolute Gasteiger partial charge is 0.227 e. The Kier molecular flexibility index (Phi) is 2.33. The molecule has 1 aliphatic carbocycles. The average Bonchev–Trinajstić information content (AvgIpc) is 2.43. The summed E-state index contributed by atoms with van der Waals surface area (Å²) in [5, 5.41) is 6.54. The maximum absolute atomic E-state index is 11.8. The topological polar surface area (TPSA) is 41.1 Å². The fourth-order valence-corrected chi connectivity index (χ4v) is 4.08. The highest BCUT2D eigenvalue weighted by molar-refractivity contribution is 8.04. The fraction of sp³-hybridized carbons (Fsp3) is 0.545. The van der Waals surface area contributed by atoms with Gasteiger partial charge in [-0.05, 0) is 17.7 Å². The van der Waals surface area contributed by atoms with E-state index in [0.717, 1.165) is 12.8 Å². The van der Waals surface area contributed by atoms with Gasteiger partial charge in [0.2, 0.25) is 5.91 Å². The van der Waals surface area contributed by atoms with Gasteiger partial charge >= 0.3 is 0 Å². The van der Waals surface area contributed by atoms with Gasteiger partial charge in [-0.3, -0.25) is 10.1 Å². The van der Waals surface area contributed by atoms with Crippen LogP contribution in [0.15, 0.2) is 23.1 Å². The van der Waals surface area contributed by atoms with Crippen molar-refractivity contribution in [2.45, 2.75) is 18.2 Å². The van der Waals surface area contributed by atoms with E-state index < -0.39 is 0 Å². The summed E-state index contributed by atoms with van der Waals surface area (Å²) in [5.74, 6) is 0.791. The zero-order valence-electron chi connectivity index (χ0n) is 8.40. The highest BCUT2D eigenvalue weighted by Gasteiger charge is 2.45. The third-order valence-electron chi connectivity index (χ3n) is 3.30. The molecular weight excluding hydrogens is 208 g/mol. The van der Waals surface area contributed by atoms with Crippen molar-refractivity contribution in [3.63, 3.8) is 0 Å². The molecule has 15 heavy (non-hydrogen) atoms. The lowest BCUT2D eigenvalue weighted by molar-refractivity contribution is -0.128. The predicted molar refractivity (Wildman–Crippen MR) is 61.0 cm³/mol. The third kappa shape index (κ3) is 1.52. The summed E-state index contributed by atoms with van der Waals surface area (Å²) in [6.45, 7) is 0.614. The fourth-order valence-electron chi connectivity index (χ4n) is 2.56. The van der Waals surface area contributed by atoms with E-state index in [9.17, 15) is 4.79 Å². The Balaban J connectivity index is 1.92. The van der Waals surface area contributed by atoms with Crippen molar-refractivity contribution < 1.29 is 4.79 Å². The molecule has 0 aromatic carbocycles. The summed E-state index contributed by atoms with van der Waals surface area (Å²) in [6.07, 6.45) is 8.68. The van der Waals surface area contributed by atoms with Gasteiger partial charge in [0.05, 0.1) is 18.0 Å². The van der Waals surface area contributed by atoms with E-state index in [1.54, 1.807) is 0 Å². The van der Waals surface area contributed by atoms with Gasteiger partial charge in [0.25, 0.3) is 0 Å². The van der Waals surface area contributed by atoms with Crippen LogP contribution in [0.4, 0.5) is 0 Å². The van der Waals surface area contributed by atoms with Crippen LogP contribution in [0.2, 0.25) is 0 Å². The maximum atomic E-state index is 11.8. The van der Waals surface area contributed by atoms with Gasteiger partial charge in [-0.25, -0.2) is 0 Å². The average molecular weight is 222 g/mol. The molecule has 3 nitrogen and oxygen atoms in total. The van der Waals surface area contributed by atoms with Crippen molar-refractivity contribution in [1.82, 2.24) is 10.6 Å². The van der Waals surface area contributed by atoms with Crippen molar-refractivity contribution >= 4 is 17.7 Å². The molecule has 3 atom stereocenters. The number of nitrogens with one attached hydrogen (secondary N) is 2. The molecule has 2 aliphatic heterocycles. The van der Waals surface area contributed by atoms with Gasteiger partial charge in [-0.2, -0.15) is 0 Å². The Morgan fingerprint density at radius 2 is 2.40 bits per heavy atom. The number of thioether (sulfide) groups is 1. The summed E-state index contributed by atoms with van der Waals surface area (Å²) in [4.78, 5) is 13.2. The molecule has 80 valence electrons. The second kappa shape index (κ2) is 3.68. The van der Waals surface area contributed by atoms with Crippen molar-refractivity contribution in [3.05, 3.63) is 23.1 Å². The third-order valence-corrected chi connectivity index (χ3v) is 4.72. The molecule has 2 heterocycles. The lowest BCUT2D eigenvalue weighted by atomic mass is 9.87. The second-order valence-electron chi connectivity index (χ2n) is 4.17. The molecule has 0 spiro atoms. The van der Waals surface area contributed by atoms with Crippen LogP contribution in [0.3, 0.4) is 0 Å². The summed E-state index contributed by atoms with van der Waals surface area (Å²) in [7, 11) is 0. The van der Waals surface area contributed by atoms with Crippen molar-refractivity contribution in [2.24, 2.45) is 11.8 Å². The lowest BCUT2D eigenvalue weighted by Crippen LogP contribution is -2.53. The van der Waals surface area contributed by atoms with Crippen LogP contribution in [0.5, 0.6) is 0 Å². The minimum atomic E-state index is 0.134. The normalized spacial score (nSPS) is 38.8. The Morgan fingerprint density at radius 3 is 3.33 bits per heavy atom. The first-order valence-corrected chi connectivity index (χ1v) is 6.29. The first-order valence-electron chi connectivity index (χ1n) is 5.41. The summed E-state index contributed by atoms with van der Waals surface area (Å²) >= 11 is 1.83. The second-order valence-corrected chi connectivity index (χ2v) is 5.38. The number of hydrogen-bond donors (Lipinski definition) is 2. The molecule has 0 bridgehead atoms. The molecule has 0 aromatic rings. The molecule has 0 aromatic heterocycles. The van der Waals surface area contributed by atoms with Gasteiger partial charge in [0.15, 0.2) is 0 Å². The summed E-state index contributed by atoms with van der Waals surface area (Å²) in [5.41, 5.74) is 0. The van der Waals surface area contributed by atoms with Gasteiger partial charge in [-0.15, -0.1) is 11.8 Å². The molecule has 3 rings (SSSR count). The standard InChI is InChI=1S/C11H14N2OS/c14-10-9-7-4-2-1-3-5-8(7)15-11(9)13-6-12-10/h1,3,5,7,9,11,13H,2,4,6H2,(H,12,14). The van der Waals surface area contributed by atoms with Crippen molar-refractivity contribution in [2.75, 3.05) is 6.67 Å². The molecule has 0 saturated carbocycles. The number of carbonyl (C=O) groups is 1. The minimum Gasteiger partial charge on any atom is -0.343 e. The molecule has 2 fully saturated rings. The highest BCUT2D eigenvalue weighted by Crippen LogP contribution is 2.48. The number of hydrogen-bond acceptors (Lipinski definition) is 3. The van der Waals surface area contributed by atoms with Crippen LogP contribution in [0.1, 0.15) is 12.8 Å². The number of fused-ring (bicyclic) bond motifs is 3. The molecule has 4 heteroatoms. The number of amides is 1. The summed E-state index contributed by atoms with van der Waals surface area (Å²) < 4.78 is 0. The van der Waals surface area contributed by atoms with E-state index in [-0.39, 0.29) is 11.8 Å². The first kappa shape index (κ1) is 9.48. The van der Waals surface area contributed by atoms with Crippen molar-refractivity contribution in [1.29, 1.82) is 0 Å². The van der Waals surface area contributed by atoms with Crippen LogP contribution < -0.4 is 10.6 Å². The largest absolute Gasteiger partial charge is 0.343 e. The number of allylic oxidation sites excluding steroid dienone is 4. The predicted octanol–water partition coefficient (Wildman–Crippen LogP) is 1.20. The minimum absolute atomic E-state index is 0.134. The van der Waals surface area contributed by atoms with Crippen LogP contribution in [-0.2, 0) is 4.79 Å². The van der Waals surface area contributed by atoms with Crippen molar-refractivity contribution in [3.8, 4) is 0 Å². The Hall–Kier alpha value is -0.740. The molecule has 0 radical (unpaired) electrons. The van der Waals surface area contributed by atoms with Gasteiger partial charge in [-0.1, -0.05) is 18.2 Å². The van der Waals surface area contributed by atoms with Crippen LogP contribution in [0.25, 0.3) is 0 Å². The number of carbonyl (C=O) groups excluding carboxylic acids is 1. The Morgan fingerprint density at radius 1 is 1.47 bits per heavy atom. The molecule has 1 amide bonds. The Labute approximate surface area is 93.4 Å². The quantitative estimate of drug-likeness (QED) is 0.647. The zero-order chi connectivity index (χ0) is 10.3. The van der Waals surface area contributed by atoms with Gasteiger partial charge in [0.1, 0.15) is 0 Å². The molecular formula is C11H14N2OS. The van der Waals surface area contributed by atoms with Crippen LogP contribution >= 0.6 is 11.8 Å². The highest BCUT2D eigenvalue weighted by atomic mass is 32.2. The first-order chi connectivity index (χ1) is 7.36. The van der Waals surface area contributed by atoms with E-state index in [4.69, 9.17) is 0 Å². The van der Waals surface area contributed by atoms with E-state index in [1.165, 1.54) is 4.91 Å². The molecule has 3 aliphatic rings. The monoisotopic (exact) mass is 222 g/mol. The SMILES string of the molecule is O=C1NCNC2SC3=CC=CCCC3C12. The molecule has 2 N–H and O–H groups in total. The van der Waals surface area contributed by atoms with E-state index in [1.807, 2.05) is 11.8 Å². The Bertz CT molecular complexity index is 350. The lowest BCUT2D eigenvalue weighted by Gasteiger charge is -2.28. The van der Waals surface area contributed by atoms with E-state index >= 15 is 0 Å².